The van der Waals surface area contributed by atoms with Crippen molar-refractivity contribution in [2.45, 2.75) is 19.9 Å². The molecule has 0 saturated carbocycles. The largest absolute Gasteiger partial charge is 0.363 e. The number of hydrogen-bond acceptors (Lipinski definition) is 5. The summed E-state index contributed by atoms with van der Waals surface area (Å²) in [7, 11) is 0. The molecule has 0 aliphatic rings. The number of anilines is 1. The molecule has 1 N–H and O–H groups in total. The minimum atomic E-state index is -0.536. The van der Waals surface area contributed by atoms with Crippen molar-refractivity contribution in [3.8, 4) is 0 Å². The van der Waals surface area contributed by atoms with Gasteiger partial charge in [-0.2, -0.15) is 4.39 Å². The van der Waals surface area contributed by atoms with Crippen LogP contribution in [0, 0.1) is 5.95 Å². The SMILES string of the molecule is CCc1cnc(CNc2cc(F)ncn2)s1. The number of halogens is 1. The summed E-state index contributed by atoms with van der Waals surface area (Å²) in [4.78, 5) is 12.8. The van der Waals surface area contributed by atoms with Gasteiger partial charge in [-0.05, 0) is 6.42 Å². The molecule has 0 spiro atoms. The number of nitrogens with zero attached hydrogens (tertiary/aromatic N) is 3. The van der Waals surface area contributed by atoms with Crippen LogP contribution < -0.4 is 5.32 Å². The molecule has 0 amide bonds. The van der Waals surface area contributed by atoms with E-state index in [2.05, 4.69) is 27.2 Å². The first-order valence-corrected chi connectivity index (χ1v) is 5.74. The van der Waals surface area contributed by atoms with Crippen molar-refractivity contribution in [1.29, 1.82) is 0 Å². The third-order valence-corrected chi connectivity index (χ3v) is 3.15. The highest BCUT2D eigenvalue weighted by atomic mass is 32.1. The van der Waals surface area contributed by atoms with Crippen LogP contribution in [-0.2, 0) is 13.0 Å². The van der Waals surface area contributed by atoms with Crippen LogP contribution in [0.5, 0.6) is 0 Å². The van der Waals surface area contributed by atoms with Crippen LogP contribution in [0.25, 0.3) is 0 Å². The van der Waals surface area contributed by atoms with Crippen molar-refractivity contribution in [3.05, 3.63) is 34.4 Å². The zero-order valence-corrected chi connectivity index (χ0v) is 9.59. The van der Waals surface area contributed by atoms with Crippen molar-refractivity contribution >= 4 is 17.2 Å². The van der Waals surface area contributed by atoms with Crippen molar-refractivity contribution in [3.63, 3.8) is 0 Å². The van der Waals surface area contributed by atoms with E-state index >= 15 is 0 Å². The standard InChI is InChI=1S/C10H11FN4S/c1-2-7-4-13-10(16-7)5-12-9-3-8(11)14-6-15-9/h3-4,6H,2,5H2,1H3,(H,12,14,15). The number of aryl methyl sites for hydroxylation is 1. The third kappa shape index (κ3) is 2.73. The van der Waals surface area contributed by atoms with Gasteiger partial charge in [0.1, 0.15) is 17.2 Å². The first-order valence-electron chi connectivity index (χ1n) is 4.93. The van der Waals surface area contributed by atoms with Gasteiger partial charge in [-0.1, -0.05) is 6.92 Å². The van der Waals surface area contributed by atoms with Crippen molar-refractivity contribution < 1.29 is 4.39 Å². The summed E-state index contributed by atoms with van der Waals surface area (Å²) >= 11 is 1.65. The van der Waals surface area contributed by atoms with Crippen LogP contribution in [0.15, 0.2) is 18.6 Å². The Morgan fingerprint density at radius 1 is 1.38 bits per heavy atom. The number of nitrogens with one attached hydrogen (secondary N) is 1. The lowest BCUT2D eigenvalue weighted by Crippen LogP contribution is -2.01. The minimum absolute atomic E-state index is 0.473. The second-order valence-electron chi connectivity index (χ2n) is 3.15. The van der Waals surface area contributed by atoms with Gasteiger partial charge in [0.05, 0.1) is 6.54 Å². The zero-order chi connectivity index (χ0) is 11.4. The summed E-state index contributed by atoms with van der Waals surface area (Å²) in [6.45, 7) is 2.64. The summed E-state index contributed by atoms with van der Waals surface area (Å²) in [5, 5.41) is 3.96. The van der Waals surface area contributed by atoms with Gasteiger partial charge in [0, 0.05) is 17.1 Å². The molecular formula is C10H11FN4S. The second kappa shape index (κ2) is 4.98. The molecule has 0 aromatic carbocycles. The fraction of sp³-hybridized carbons (Fsp3) is 0.300. The van der Waals surface area contributed by atoms with E-state index in [9.17, 15) is 4.39 Å². The molecule has 84 valence electrons. The maximum atomic E-state index is 12.7. The Balaban J connectivity index is 1.96. The van der Waals surface area contributed by atoms with Crippen molar-refractivity contribution in [1.82, 2.24) is 15.0 Å². The summed E-state index contributed by atoms with van der Waals surface area (Å²) < 4.78 is 12.7. The van der Waals surface area contributed by atoms with Crippen LogP contribution in [0.4, 0.5) is 10.2 Å². The van der Waals surface area contributed by atoms with E-state index in [0.29, 0.717) is 12.4 Å². The number of aromatic nitrogens is 3. The van der Waals surface area contributed by atoms with E-state index in [0.717, 1.165) is 11.4 Å². The molecule has 16 heavy (non-hydrogen) atoms. The topological polar surface area (TPSA) is 50.7 Å². The second-order valence-corrected chi connectivity index (χ2v) is 4.35. The summed E-state index contributed by atoms with van der Waals surface area (Å²) in [6.07, 6.45) is 4.04. The molecule has 0 unspecified atom stereocenters. The summed E-state index contributed by atoms with van der Waals surface area (Å²) in [6, 6.07) is 1.26. The average molecular weight is 238 g/mol. The molecule has 4 nitrogen and oxygen atoms in total. The van der Waals surface area contributed by atoms with Crippen LogP contribution in [0.2, 0.25) is 0 Å². The molecule has 6 heteroatoms. The molecule has 0 bridgehead atoms. The van der Waals surface area contributed by atoms with Crippen LogP contribution in [0.1, 0.15) is 16.8 Å². The molecule has 2 heterocycles. The fourth-order valence-corrected chi connectivity index (χ4v) is 1.99. The van der Waals surface area contributed by atoms with Gasteiger partial charge < -0.3 is 5.32 Å². The fourth-order valence-electron chi connectivity index (χ4n) is 1.19. The Morgan fingerprint density at radius 3 is 2.94 bits per heavy atom. The quantitative estimate of drug-likeness (QED) is 0.830. The van der Waals surface area contributed by atoms with Gasteiger partial charge in [0.2, 0.25) is 5.95 Å². The van der Waals surface area contributed by atoms with E-state index in [4.69, 9.17) is 0 Å². The number of hydrogen-bond donors (Lipinski definition) is 1. The van der Waals surface area contributed by atoms with E-state index < -0.39 is 5.95 Å². The van der Waals surface area contributed by atoms with Gasteiger partial charge in [0.25, 0.3) is 0 Å². The summed E-state index contributed by atoms with van der Waals surface area (Å²) in [5.41, 5.74) is 0. The highest BCUT2D eigenvalue weighted by Gasteiger charge is 2.01. The van der Waals surface area contributed by atoms with Crippen LogP contribution in [0.3, 0.4) is 0 Å². The third-order valence-electron chi connectivity index (χ3n) is 2.00. The predicted octanol–water partition coefficient (Wildman–Crippen LogP) is 2.25. The zero-order valence-electron chi connectivity index (χ0n) is 8.77. The molecule has 0 fully saturated rings. The Hall–Kier alpha value is -1.56. The van der Waals surface area contributed by atoms with E-state index in [1.807, 2.05) is 6.20 Å². The molecule has 0 radical (unpaired) electrons. The normalized spacial score (nSPS) is 10.4. The highest BCUT2D eigenvalue weighted by molar-refractivity contribution is 7.11. The van der Waals surface area contributed by atoms with Crippen LogP contribution in [-0.4, -0.2) is 15.0 Å². The molecule has 0 aliphatic carbocycles. The minimum Gasteiger partial charge on any atom is -0.363 e. The first kappa shape index (κ1) is 10.9. The van der Waals surface area contributed by atoms with E-state index in [1.54, 1.807) is 11.3 Å². The maximum absolute atomic E-state index is 12.7. The van der Waals surface area contributed by atoms with Crippen molar-refractivity contribution in [2.24, 2.45) is 0 Å². The van der Waals surface area contributed by atoms with Gasteiger partial charge in [0.15, 0.2) is 0 Å². The Morgan fingerprint density at radius 2 is 2.25 bits per heavy atom. The number of rotatable bonds is 4. The Kier molecular flexibility index (Phi) is 3.40. The lowest BCUT2D eigenvalue weighted by atomic mass is 10.4. The Labute approximate surface area is 96.6 Å². The molecule has 0 aliphatic heterocycles. The van der Waals surface area contributed by atoms with E-state index in [-0.39, 0.29) is 0 Å². The predicted molar refractivity (Wildman–Crippen MR) is 60.8 cm³/mol. The molecule has 2 aromatic rings. The maximum Gasteiger partial charge on any atom is 0.217 e. The molecule has 2 rings (SSSR count). The Bertz CT molecular complexity index is 471. The summed E-state index contributed by atoms with van der Waals surface area (Å²) in [5.74, 6) is -0.0633. The smallest absolute Gasteiger partial charge is 0.217 e. The van der Waals surface area contributed by atoms with Gasteiger partial charge in [-0.15, -0.1) is 11.3 Å². The van der Waals surface area contributed by atoms with Crippen molar-refractivity contribution in [2.75, 3.05) is 5.32 Å². The molecule has 2 aromatic heterocycles. The molecular weight excluding hydrogens is 227 g/mol. The van der Waals surface area contributed by atoms with E-state index in [1.165, 1.54) is 17.3 Å². The highest BCUT2D eigenvalue weighted by Crippen LogP contribution is 2.14. The molecule has 0 atom stereocenters. The monoisotopic (exact) mass is 238 g/mol. The van der Waals surface area contributed by atoms with Gasteiger partial charge >= 0.3 is 0 Å². The lowest BCUT2D eigenvalue weighted by molar-refractivity contribution is 0.580. The van der Waals surface area contributed by atoms with Gasteiger partial charge in [-0.3, -0.25) is 0 Å². The number of thiazole rings is 1. The first-order chi connectivity index (χ1) is 7.78. The molecule has 0 saturated heterocycles. The average Bonchev–Trinajstić information content (AvgIpc) is 2.74. The van der Waals surface area contributed by atoms with Gasteiger partial charge in [-0.25, -0.2) is 15.0 Å². The lowest BCUT2D eigenvalue weighted by Gasteiger charge is -2.01. The van der Waals surface area contributed by atoms with Crippen LogP contribution >= 0.6 is 11.3 Å².